The Morgan fingerprint density at radius 1 is 1.15 bits per heavy atom. The van der Waals surface area contributed by atoms with E-state index in [1.54, 1.807) is 29.2 Å². The molecule has 1 aromatic heterocycles. The maximum atomic E-state index is 13.6. The van der Waals surface area contributed by atoms with Crippen molar-refractivity contribution in [1.82, 2.24) is 9.21 Å². The SMILES string of the molecule is O=C(CSc1ccccc1F)N1CCN(S(=O)(=O)c2ccc(Cl)s2)CC1. The Morgan fingerprint density at radius 3 is 2.46 bits per heavy atom. The highest BCUT2D eigenvalue weighted by Crippen LogP contribution is 2.29. The number of hydrogen-bond donors (Lipinski definition) is 0. The van der Waals surface area contributed by atoms with Crippen LogP contribution in [-0.4, -0.2) is 55.5 Å². The van der Waals surface area contributed by atoms with Gasteiger partial charge in [-0.15, -0.1) is 23.1 Å². The van der Waals surface area contributed by atoms with Gasteiger partial charge in [0.1, 0.15) is 10.0 Å². The van der Waals surface area contributed by atoms with Crippen LogP contribution >= 0.6 is 34.7 Å². The summed E-state index contributed by atoms with van der Waals surface area (Å²) in [7, 11) is -3.58. The van der Waals surface area contributed by atoms with E-state index in [4.69, 9.17) is 11.6 Å². The molecule has 1 aliphatic heterocycles. The van der Waals surface area contributed by atoms with Crippen LogP contribution in [0.4, 0.5) is 4.39 Å². The number of thiophene rings is 1. The summed E-state index contributed by atoms with van der Waals surface area (Å²) in [4.78, 5) is 14.4. The van der Waals surface area contributed by atoms with E-state index in [1.807, 2.05) is 0 Å². The van der Waals surface area contributed by atoms with Gasteiger partial charge in [0.05, 0.1) is 10.1 Å². The molecular formula is C16H16ClFN2O3S3. The molecule has 1 aromatic carbocycles. The number of thioether (sulfide) groups is 1. The summed E-state index contributed by atoms with van der Waals surface area (Å²) in [6.45, 7) is 1.09. The molecule has 1 aliphatic rings. The van der Waals surface area contributed by atoms with Gasteiger partial charge in [0, 0.05) is 31.1 Å². The van der Waals surface area contributed by atoms with E-state index in [0.29, 0.717) is 22.3 Å². The van der Waals surface area contributed by atoms with Crippen LogP contribution in [0.15, 0.2) is 45.5 Å². The third kappa shape index (κ3) is 4.40. The monoisotopic (exact) mass is 434 g/mol. The zero-order chi connectivity index (χ0) is 18.7. The van der Waals surface area contributed by atoms with E-state index in [0.717, 1.165) is 23.1 Å². The van der Waals surface area contributed by atoms with Gasteiger partial charge in [0.15, 0.2) is 0 Å². The highest BCUT2D eigenvalue weighted by molar-refractivity contribution is 8.00. The van der Waals surface area contributed by atoms with Crippen molar-refractivity contribution in [3.63, 3.8) is 0 Å². The Morgan fingerprint density at radius 2 is 1.85 bits per heavy atom. The summed E-state index contributed by atoms with van der Waals surface area (Å²) in [6.07, 6.45) is 0. The zero-order valence-corrected chi connectivity index (χ0v) is 16.8. The van der Waals surface area contributed by atoms with Crippen LogP contribution in [-0.2, 0) is 14.8 Å². The van der Waals surface area contributed by atoms with E-state index < -0.39 is 10.0 Å². The van der Waals surface area contributed by atoms with E-state index in [-0.39, 0.29) is 34.8 Å². The van der Waals surface area contributed by atoms with Crippen molar-refractivity contribution < 1.29 is 17.6 Å². The number of carbonyl (C=O) groups is 1. The molecule has 5 nitrogen and oxygen atoms in total. The lowest BCUT2D eigenvalue weighted by Crippen LogP contribution is -2.50. The summed E-state index contributed by atoms with van der Waals surface area (Å²) in [6, 6.07) is 9.35. The molecule has 26 heavy (non-hydrogen) atoms. The number of rotatable bonds is 5. The second-order valence-corrected chi connectivity index (χ2v) is 10.5. The van der Waals surface area contributed by atoms with Crippen LogP contribution in [0.25, 0.3) is 0 Å². The van der Waals surface area contributed by atoms with Crippen LogP contribution in [0, 0.1) is 5.82 Å². The molecule has 1 fully saturated rings. The number of piperazine rings is 1. The molecule has 0 aliphatic carbocycles. The number of amides is 1. The molecule has 2 aromatic rings. The second kappa shape index (κ2) is 8.26. The number of benzene rings is 1. The molecule has 1 saturated heterocycles. The fraction of sp³-hybridized carbons (Fsp3) is 0.312. The summed E-state index contributed by atoms with van der Waals surface area (Å²) in [5, 5.41) is 0. The molecule has 2 heterocycles. The molecular weight excluding hydrogens is 419 g/mol. The van der Waals surface area contributed by atoms with Gasteiger partial charge in [-0.25, -0.2) is 12.8 Å². The molecule has 140 valence electrons. The second-order valence-electron chi connectivity index (χ2n) is 5.56. The van der Waals surface area contributed by atoms with E-state index in [2.05, 4.69) is 0 Å². The van der Waals surface area contributed by atoms with Gasteiger partial charge in [-0.2, -0.15) is 4.31 Å². The van der Waals surface area contributed by atoms with Gasteiger partial charge in [-0.3, -0.25) is 4.79 Å². The fourth-order valence-electron chi connectivity index (χ4n) is 2.53. The van der Waals surface area contributed by atoms with Crippen molar-refractivity contribution >= 4 is 50.6 Å². The van der Waals surface area contributed by atoms with Crippen LogP contribution in [0.5, 0.6) is 0 Å². The molecule has 0 unspecified atom stereocenters. The van der Waals surface area contributed by atoms with Crippen molar-refractivity contribution in [2.45, 2.75) is 9.10 Å². The minimum absolute atomic E-state index is 0.119. The molecule has 0 atom stereocenters. The topological polar surface area (TPSA) is 57.7 Å². The third-order valence-electron chi connectivity index (χ3n) is 3.92. The van der Waals surface area contributed by atoms with Crippen LogP contribution in [0.2, 0.25) is 4.34 Å². The van der Waals surface area contributed by atoms with Gasteiger partial charge < -0.3 is 4.90 Å². The first-order valence-electron chi connectivity index (χ1n) is 7.78. The Bertz CT molecular complexity index is 896. The summed E-state index contributed by atoms with van der Waals surface area (Å²) in [5.41, 5.74) is 0. The van der Waals surface area contributed by atoms with E-state index in [9.17, 15) is 17.6 Å². The van der Waals surface area contributed by atoms with Crippen molar-refractivity contribution in [3.05, 3.63) is 46.6 Å². The maximum Gasteiger partial charge on any atom is 0.252 e. The van der Waals surface area contributed by atoms with Crippen molar-refractivity contribution in [3.8, 4) is 0 Å². The number of hydrogen-bond acceptors (Lipinski definition) is 5. The van der Waals surface area contributed by atoms with Crippen molar-refractivity contribution in [2.24, 2.45) is 0 Å². The van der Waals surface area contributed by atoms with Gasteiger partial charge in [-0.1, -0.05) is 23.7 Å². The highest BCUT2D eigenvalue weighted by Gasteiger charge is 2.31. The molecule has 0 bridgehead atoms. The van der Waals surface area contributed by atoms with Crippen molar-refractivity contribution in [2.75, 3.05) is 31.9 Å². The lowest BCUT2D eigenvalue weighted by Gasteiger charge is -2.33. The Balaban J connectivity index is 1.55. The average Bonchev–Trinajstić information content (AvgIpc) is 3.08. The summed E-state index contributed by atoms with van der Waals surface area (Å²) >= 11 is 7.98. The predicted molar refractivity (Wildman–Crippen MR) is 102 cm³/mol. The molecule has 1 amide bonds. The van der Waals surface area contributed by atoms with Crippen LogP contribution < -0.4 is 0 Å². The number of nitrogens with zero attached hydrogens (tertiary/aromatic N) is 2. The largest absolute Gasteiger partial charge is 0.339 e. The molecule has 0 radical (unpaired) electrons. The quantitative estimate of drug-likeness (QED) is 0.678. The summed E-state index contributed by atoms with van der Waals surface area (Å²) < 4.78 is 40.7. The number of carbonyl (C=O) groups excluding carboxylic acids is 1. The number of halogens is 2. The van der Waals surface area contributed by atoms with Gasteiger partial charge in [0.25, 0.3) is 10.0 Å². The van der Waals surface area contributed by atoms with Gasteiger partial charge in [0.2, 0.25) is 5.91 Å². The van der Waals surface area contributed by atoms with E-state index >= 15 is 0 Å². The molecule has 0 N–H and O–H groups in total. The standard InChI is InChI=1S/C16H16ClFN2O3S3/c17-14-5-6-16(25-14)26(22,23)20-9-7-19(8-10-20)15(21)11-24-13-4-2-1-3-12(13)18/h1-6H,7-11H2. The smallest absolute Gasteiger partial charge is 0.252 e. The minimum Gasteiger partial charge on any atom is -0.339 e. The van der Waals surface area contributed by atoms with Gasteiger partial charge >= 0.3 is 0 Å². The predicted octanol–water partition coefficient (Wildman–Crippen LogP) is 3.17. The minimum atomic E-state index is -3.58. The van der Waals surface area contributed by atoms with Crippen molar-refractivity contribution in [1.29, 1.82) is 0 Å². The Labute approximate surface area is 164 Å². The van der Waals surface area contributed by atoms with Crippen LogP contribution in [0.3, 0.4) is 0 Å². The van der Waals surface area contributed by atoms with E-state index in [1.165, 1.54) is 16.4 Å². The Hall–Kier alpha value is -1.13. The first-order valence-corrected chi connectivity index (χ1v) is 11.4. The first-order chi connectivity index (χ1) is 12.4. The van der Waals surface area contributed by atoms with Gasteiger partial charge in [-0.05, 0) is 24.3 Å². The highest BCUT2D eigenvalue weighted by atomic mass is 35.5. The molecule has 0 spiro atoms. The lowest BCUT2D eigenvalue weighted by atomic mass is 10.3. The molecule has 10 heteroatoms. The Kier molecular flexibility index (Phi) is 6.24. The first kappa shape index (κ1) is 19.6. The number of sulfonamides is 1. The lowest BCUT2D eigenvalue weighted by molar-refractivity contribution is -0.129. The maximum absolute atomic E-state index is 13.6. The normalized spacial score (nSPS) is 16.0. The summed E-state index contributed by atoms with van der Waals surface area (Å²) in [5.74, 6) is -0.362. The zero-order valence-electron chi connectivity index (χ0n) is 13.6. The van der Waals surface area contributed by atoms with Crippen LogP contribution in [0.1, 0.15) is 0 Å². The fourth-order valence-corrected chi connectivity index (χ4v) is 6.44. The third-order valence-corrected chi connectivity index (χ3v) is 8.55. The average molecular weight is 435 g/mol. The molecule has 3 rings (SSSR count). The molecule has 0 saturated carbocycles.